The molecule has 0 radical (unpaired) electrons. The summed E-state index contributed by atoms with van der Waals surface area (Å²) in [6.45, 7) is 3.38. The van der Waals surface area contributed by atoms with Crippen molar-refractivity contribution in [3.63, 3.8) is 0 Å². The zero-order valence-electron chi connectivity index (χ0n) is 17.8. The molecule has 0 bridgehead atoms. The molecule has 9 heteroatoms. The van der Waals surface area contributed by atoms with Crippen LogP contribution in [0.5, 0.6) is 5.75 Å². The van der Waals surface area contributed by atoms with E-state index >= 15 is 0 Å². The van der Waals surface area contributed by atoms with E-state index < -0.39 is 15.1 Å². The molecule has 0 aliphatic heterocycles. The topological polar surface area (TPSA) is 89.7 Å². The molecule has 0 fully saturated rings. The fourth-order valence-electron chi connectivity index (χ4n) is 3.16. The normalized spacial score (nSPS) is 11.8. The summed E-state index contributed by atoms with van der Waals surface area (Å²) in [5, 5.41) is -0.113. The van der Waals surface area contributed by atoms with Crippen molar-refractivity contribution in [2.24, 2.45) is 0 Å². The van der Waals surface area contributed by atoms with Gasteiger partial charge in [-0.15, -0.1) is 0 Å². The van der Waals surface area contributed by atoms with Crippen LogP contribution in [0, 0.1) is 0 Å². The minimum Gasteiger partial charge on any atom is -0.497 e. The molecule has 0 unspecified atom stereocenters. The van der Waals surface area contributed by atoms with Crippen LogP contribution >= 0.6 is 11.3 Å². The molecule has 2 heterocycles. The highest BCUT2D eigenvalue weighted by molar-refractivity contribution is 7.92. The van der Waals surface area contributed by atoms with Gasteiger partial charge in [-0.25, -0.2) is 13.4 Å². The molecule has 4 aromatic rings. The fourth-order valence-corrected chi connectivity index (χ4v) is 5.20. The summed E-state index contributed by atoms with van der Waals surface area (Å²) in [5.41, 5.74) is 0.966. The Morgan fingerprint density at radius 2 is 1.97 bits per heavy atom. The number of nitrogens with zero attached hydrogens (tertiary/aromatic N) is 2. The first-order valence-corrected chi connectivity index (χ1v) is 12.3. The van der Waals surface area contributed by atoms with Gasteiger partial charge in [-0.05, 0) is 56.3 Å². The van der Waals surface area contributed by atoms with E-state index in [9.17, 15) is 13.2 Å². The predicted octanol–water partition coefficient (Wildman–Crippen LogP) is 4.93. The van der Waals surface area contributed by atoms with Crippen LogP contribution in [-0.4, -0.2) is 31.7 Å². The Morgan fingerprint density at radius 3 is 2.66 bits per heavy atom. The summed E-state index contributed by atoms with van der Waals surface area (Å²) in [6.07, 6.45) is 1.54. The zero-order chi connectivity index (χ0) is 22.9. The van der Waals surface area contributed by atoms with Crippen molar-refractivity contribution in [1.82, 2.24) is 4.98 Å². The Labute approximate surface area is 190 Å². The Hall–Kier alpha value is -3.17. The third-order valence-electron chi connectivity index (χ3n) is 4.98. The van der Waals surface area contributed by atoms with Crippen molar-refractivity contribution in [3.8, 4) is 5.75 Å². The lowest BCUT2D eigenvalue weighted by Gasteiger charge is -2.19. The van der Waals surface area contributed by atoms with E-state index in [0.29, 0.717) is 22.2 Å². The highest BCUT2D eigenvalue weighted by Gasteiger charge is 2.25. The number of hydrogen-bond acceptors (Lipinski definition) is 7. The molecule has 4 rings (SSSR count). The van der Waals surface area contributed by atoms with Crippen molar-refractivity contribution >= 4 is 42.4 Å². The molecular formula is C23H22N2O5S2. The van der Waals surface area contributed by atoms with Crippen molar-refractivity contribution in [3.05, 3.63) is 72.2 Å². The van der Waals surface area contributed by atoms with Gasteiger partial charge in [0.15, 0.2) is 15.0 Å². The van der Waals surface area contributed by atoms with Crippen LogP contribution in [0.15, 0.2) is 70.2 Å². The number of ether oxygens (including phenoxy) is 1. The van der Waals surface area contributed by atoms with Gasteiger partial charge >= 0.3 is 0 Å². The Kier molecular flexibility index (Phi) is 6.03. The van der Waals surface area contributed by atoms with E-state index in [1.54, 1.807) is 51.3 Å². The first kappa shape index (κ1) is 22.0. The second kappa shape index (κ2) is 8.76. The van der Waals surface area contributed by atoms with Gasteiger partial charge < -0.3 is 9.15 Å². The summed E-state index contributed by atoms with van der Waals surface area (Å²) >= 11 is 1.36. The van der Waals surface area contributed by atoms with E-state index in [1.165, 1.54) is 34.6 Å². The number of methoxy groups -OCH3 is 1. The largest absolute Gasteiger partial charge is 0.497 e. The number of anilines is 1. The molecule has 0 aliphatic carbocycles. The number of aromatic nitrogens is 1. The van der Waals surface area contributed by atoms with Gasteiger partial charge in [0.2, 0.25) is 0 Å². The van der Waals surface area contributed by atoms with Crippen LogP contribution in [0.25, 0.3) is 10.2 Å². The molecule has 0 saturated heterocycles. The van der Waals surface area contributed by atoms with Gasteiger partial charge in [-0.1, -0.05) is 17.4 Å². The molecule has 7 nitrogen and oxygen atoms in total. The third kappa shape index (κ3) is 4.26. The second-order valence-corrected chi connectivity index (χ2v) is 10.9. The summed E-state index contributed by atoms with van der Waals surface area (Å²) in [6, 6.07) is 15.2. The summed E-state index contributed by atoms with van der Waals surface area (Å²) in [5.74, 6) is 0.888. The van der Waals surface area contributed by atoms with Gasteiger partial charge in [0.1, 0.15) is 11.5 Å². The minimum absolute atomic E-state index is 0.116. The molecule has 0 atom stereocenters. The van der Waals surface area contributed by atoms with Crippen molar-refractivity contribution in [2.75, 3.05) is 12.0 Å². The Balaban J connectivity index is 1.77. The number of sulfone groups is 1. The maximum atomic E-state index is 13.6. The first-order chi connectivity index (χ1) is 15.3. The number of fused-ring (bicyclic) bond motifs is 1. The van der Waals surface area contributed by atoms with Crippen LogP contribution in [0.3, 0.4) is 0 Å². The highest BCUT2D eigenvalue weighted by atomic mass is 32.2. The maximum Gasteiger partial charge on any atom is 0.260 e. The number of benzene rings is 2. The van der Waals surface area contributed by atoms with E-state index in [-0.39, 0.29) is 22.9 Å². The van der Waals surface area contributed by atoms with E-state index in [4.69, 9.17) is 9.15 Å². The summed E-state index contributed by atoms with van der Waals surface area (Å²) in [4.78, 5) is 19.8. The van der Waals surface area contributed by atoms with Crippen LogP contribution in [-0.2, 0) is 16.4 Å². The van der Waals surface area contributed by atoms with E-state index in [1.807, 2.05) is 12.1 Å². The molecule has 2 aromatic carbocycles. The number of carbonyl (C=O) groups excluding carboxylic acids is 1. The number of hydrogen-bond donors (Lipinski definition) is 0. The quantitative estimate of drug-likeness (QED) is 0.381. The van der Waals surface area contributed by atoms with Crippen molar-refractivity contribution in [2.45, 2.75) is 30.5 Å². The number of amides is 1. The minimum atomic E-state index is -3.52. The van der Waals surface area contributed by atoms with Gasteiger partial charge in [0.05, 0.1) is 40.3 Å². The molecular weight excluding hydrogens is 448 g/mol. The van der Waals surface area contributed by atoms with Crippen molar-refractivity contribution in [1.29, 1.82) is 0 Å². The highest BCUT2D eigenvalue weighted by Crippen LogP contribution is 2.33. The molecule has 1 amide bonds. The van der Waals surface area contributed by atoms with Gasteiger partial charge in [-0.3, -0.25) is 9.69 Å². The molecule has 32 heavy (non-hydrogen) atoms. The number of rotatable bonds is 7. The number of furan rings is 1. The standard InChI is InChI=1S/C23H22N2O5S2/c1-15(2)32(27,28)19-8-4-6-16(12-19)22(26)25(14-18-7-5-11-30-18)23-24-20-13-17(29-3)9-10-21(20)31-23/h4-13,15H,14H2,1-3H3. The van der Waals surface area contributed by atoms with E-state index in [0.717, 1.165) is 4.70 Å². The van der Waals surface area contributed by atoms with Gasteiger partial charge in [-0.2, -0.15) is 0 Å². The van der Waals surface area contributed by atoms with Crippen LogP contribution < -0.4 is 9.64 Å². The summed E-state index contributed by atoms with van der Waals surface area (Å²) < 4.78 is 36.9. The monoisotopic (exact) mass is 470 g/mol. The molecule has 2 aromatic heterocycles. The summed E-state index contributed by atoms with van der Waals surface area (Å²) in [7, 11) is -1.93. The zero-order valence-corrected chi connectivity index (χ0v) is 19.4. The molecule has 0 saturated carbocycles. The molecule has 0 aliphatic rings. The lowest BCUT2D eigenvalue weighted by atomic mass is 10.2. The van der Waals surface area contributed by atoms with Gasteiger partial charge in [0.25, 0.3) is 5.91 Å². The molecule has 0 N–H and O–H groups in total. The average Bonchev–Trinajstić information content (AvgIpc) is 3.45. The Morgan fingerprint density at radius 1 is 1.16 bits per heavy atom. The van der Waals surface area contributed by atoms with Crippen LogP contribution in [0.1, 0.15) is 30.0 Å². The lowest BCUT2D eigenvalue weighted by Crippen LogP contribution is -2.30. The third-order valence-corrected chi connectivity index (χ3v) is 8.20. The van der Waals surface area contributed by atoms with Gasteiger partial charge in [0, 0.05) is 11.6 Å². The SMILES string of the molecule is COc1ccc2sc(N(Cc3ccco3)C(=O)c3cccc(S(=O)(=O)C(C)C)c3)nc2c1. The molecule has 166 valence electrons. The average molecular weight is 471 g/mol. The predicted molar refractivity (Wildman–Crippen MR) is 124 cm³/mol. The number of thiazole rings is 1. The van der Waals surface area contributed by atoms with E-state index in [2.05, 4.69) is 4.98 Å². The smallest absolute Gasteiger partial charge is 0.260 e. The lowest BCUT2D eigenvalue weighted by molar-refractivity contribution is 0.0983. The second-order valence-electron chi connectivity index (χ2n) is 7.42. The van der Waals surface area contributed by atoms with Crippen molar-refractivity contribution < 1.29 is 22.4 Å². The van der Waals surface area contributed by atoms with Crippen LogP contribution in [0.2, 0.25) is 0 Å². The molecule has 0 spiro atoms. The Bertz CT molecular complexity index is 1360. The first-order valence-electron chi connectivity index (χ1n) is 9.92. The number of carbonyl (C=O) groups is 1. The van der Waals surface area contributed by atoms with Crippen LogP contribution in [0.4, 0.5) is 5.13 Å². The maximum absolute atomic E-state index is 13.6. The fraction of sp³-hybridized carbons (Fsp3) is 0.217.